The van der Waals surface area contributed by atoms with Crippen LogP contribution in [0.5, 0.6) is 28.7 Å². The highest BCUT2D eigenvalue weighted by molar-refractivity contribution is 6.10. The first-order valence-electron chi connectivity index (χ1n) is 8.53. The van der Waals surface area contributed by atoms with Crippen molar-refractivity contribution in [1.82, 2.24) is 0 Å². The van der Waals surface area contributed by atoms with Crippen LogP contribution in [0.25, 0.3) is 0 Å². The second-order valence-corrected chi connectivity index (χ2v) is 6.11. The summed E-state index contributed by atoms with van der Waals surface area (Å²) in [4.78, 5) is 13.7. The summed E-state index contributed by atoms with van der Waals surface area (Å²) in [6.45, 7) is 0. The summed E-state index contributed by atoms with van der Waals surface area (Å²) in [6, 6.07) is 8.48. The molecule has 2 N–H and O–H groups in total. The molecule has 1 heterocycles. The molecule has 0 saturated carbocycles. The summed E-state index contributed by atoms with van der Waals surface area (Å²) in [5, 5.41) is 20.9. The minimum absolute atomic E-state index is 0.154. The molecule has 2 aromatic rings. The number of fused-ring (bicyclic) bond motifs is 1. The maximum absolute atomic E-state index is 13.7. The molecule has 1 unspecified atom stereocenters. The van der Waals surface area contributed by atoms with E-state index in [1.807, 2.05) is 0 Å². The molecule has 2 aromatic carbocycles. The molecule has 0 saturated heterocycles. The Morgan fingerprint density at radius 3 is 1.90 bits per heavy atom. The summed E-state index contributed by atoms with van der Waals surface area (Å²) in [6.07, 6.45) is 0. The number of ketones is 1. The predicted octanol–water partition coefficient (Wildman–Crippen LogP) is 2.18. The SMILES string of the molecule is COc1c(O)c(O)c2c(c1OC)C(=O)C(OC)(OC)C(OC)(c1ccccc1)O2. The molecule has 9 nitrogen and oxygen atoms in total. The number of ether oxygens (including phenoxy) is 6. The number of aromatic hydroxyl groups is 2. The van der Waals surface area contributed by atoms with Gasteiger partial charge in [-0.3, -0.25) is 4.79 Å². The first-order chi connectivity index (χ1) is 13.9. The molecule has 3 rings (SSSR count). The van der Waals surface area contributed by atoms with Crippen LogP contribution in [0.4, 0.5) is 0 Å². The van der Waals surface area contributed by atoms with E-state index in [4.69, 9.17) is 28.4 Å². The number of phenolic OH excluding ortho intramolecular Hbond substituents is 2. The standard InChI is InChI=1S/C20H22O9/c1-24-16-12-15(13(21)14(22)17(16)25-2)29-19(26-3,11-9-7-6-8-10-11)20(27-4,28-5)18(12)23/h6-10,21-22H,1-5H3. The van der Waals surface area contributed by atoms with Gasteiger partial charge in [0, 0.05) is 26.9 Å². The number of rotatable bonds is 6. The third kappa shape index (κ3) is 2.55. The van der Waals surface area contributed by atoms with Gasteiger partial charge in [0.15, 0.2) is 11.5 Å². The fourth-order valence-corrected chi connectivity index (χ4v) is 3.61. The Kier molecular flexibility index (Phi) is 5.31. The second kappa shape index (κ2) is 7.43. The van der Waals surface area contributed by atoms with Gasteiger partial charge in [0.1, 0.15) is 5.56 Å². The molecule has 0 aliphatic carbocycles. The van der Waals surface area contributed by atoms with Crippen molar-refractivity contribution in [2.75, 3.05) is 35.5 Å². The Balaban J connectivity index is 2.45. The number of carbonyl (C=O) groups is 1. The lowest BCUT2D eigenvalue weighted by Crippen LogP contribution is -2.65. The number of methoxy groups -OCH3 is 5. The number of hydrogen-bond donors (Lipinski definition) is 2. The molecule has 0 amide bonds. The molecule has 9 heteroatoms. The van der Waals surface area contributed by atoms with E-state index in [2.05, 4.69) is 0 Å². The third-order valence-electron chi connectivity index (χ3n) is 4.94. The van der Waals surface area contributed by atoms with E-state index in [0.717, 1.165) is 0 Å². The van der Waals surface area contributed by atoms with E-state index in [-0.39, 0.29) is 22.8 Å². The van der Waals surface area contributed by atoms with Crippen LogP contribution in [0.3, 0.4) is 0 Å². The van der Waals surface area contributed by atoms with Gasteiger partial charge in [0.2, 0.25) is 23.0 Å². The van der Waals surface area contributed by atoms with E-state index in [0.29, 0.717) is 5.56 Å². The van der Waals surface area contributed by atoms with Crippen molar-refractivity contribution in [3.05, 3.63) is 41.5 Å². The Labute approximate surface area is 167 Å². The summed E-state index contributed by atoms with van der Waals surface area (Å²) >= 11 is 0. The van der Waals surface area contributed by atoms with Crippen molar-refractivity contribution in [2.24, 2.45) is 0 Å². The summed E-state index contributed by atoms with van der Waals surface area (Å²) < 4.78 is 33.2. The summed E-state index contributed by atoms with van der Waals surface area (Å²) in [7, 11) is 6.35. The van der Waals surface area contributed by atoms with Crippen LogP contribution in [0.1, 0.15) is 15.9 Å². The van der Waals surface area contributed by atoms with E-state index in [1.54, 1.807) is 30.3 Å². The van der Waals surface area contributed by atoms with Gasteiger partial charge in [-0.05, 0) is 0 Å². The molecule has 1 aliphatic heterocycles. The van der Waals surface area contributed by atoms with Crippen LogP contribution < -0.4 is 14.2 Å². The van der Waals surface area contributed by atoms with Crippen molar-refractivity contribution in [1.29, 1.82) is 0 Å². The Morgan fingerprint density at radius 2 is 1.41 bits per heavy atom. The van der Waals surface area contributed by atoms with Gasteiger partial charge in [0.05, 0.1) is 14.2 Å². The molecule has 0 aromatic heterocycles. The van der Waals surface area contributed by atoms with Crippen LogP contribution in [-0.4, -0.2) is 57.3 Å². The van der Waals surface area contributed by atoms with Crippen LogP contribution in [0.2, 0.25) is 0 Å². The van der Waals surface area contributed by atoms with Gasteiger partial charge in [0.25, 0.3) is 0 Å². The highest BCUT2D eigenvalue weighted by Gasteiger charge is 2.67. The average molecular weight is 406 g/mol. The topological polar surface area (TPSA) is 113 Å². The van der Waals surface area contributed by atoms with Gasteiger partial charge >= 0.3 is 11.6 Å². The monoisotopic (exact) mass is 406 g/mol. The van der Waals surface area contributed by atoms with Crippen molar-refractivity contribution in [2.45, 2.75) is 11.6 Å². The molecule has 1 atom stereocenters. The smallest absolute Gasteiger partial charge is 0.306 e. The maximum atomic E-state index is 13.7. The lowest BCUT2D eigenvalue weighted by Gasteiger charge is -2.48. The zero-order chi connectivity index (χ0) is 21.4. The van der Waals surface area contributed by atoms with Gasteiger partial charge in [-0.1, -0.05) is 30.3 Å². The molecular formula is C20H22O9. The minimum Gasteiger partial charge on any atom is -0.502 e. The van der Waals surface area contributed by atoms with Crippen LogP contribution in [-0.2, 0) is 20.0 Å². The molecule has 156 valence electrons. The fraction of sp³-hybridized carbons (Fsp3) is 0.350. The first-order valence-corrected chi connectivity index (χ1v) is 8.53. The van der Waals surface area contributed by atoms with Crippen LogP contribution >= 0.6 is 0 Å². The highest BCUT2D eigenvalue weighted by atomic mass is 16.8. The molecular weight excluding hydrogens is 384 g/mol. The third-order valence-corrected chi connectivity index (χ3v) is 4.94. The molecule has 0 radical (unpaired) electrons. The van der Waals surface area contributed by atoms with Crippen molar-refractivity contribution in [3.63, 3.8) is 0 Å². The Morgan fingerprint density at radius 1 is 0.828 bits per heavy atom. The van der Waals surface area contributed by atoms with E-state index < -0.39 is 28.9 Å². The van der Waals surface area contributed by atoms with Crippen LogP contribution in [0, 0.1) is 0 Å². The van der Waals surface area contributed by atoms with Gasteiger partial charge in [-0.2, -0.15) is 0 Å². The van der Waals surface area contributed by atoms with Gasteiger partial charge in [-0.25, -0.2) is 0 Å². The molecule has 0 fully saturated rings. The van der Waals surface area contributed by atoms with Crippen molar-refractivity contribution >= 4 is 5.78 Å². The fourth-order valence-electron chi connectivity index (χ4n) is 3.61. The average Bonchev–Trinajstić information content (AvgIpc) is 2.76. The van der Waals surface area contributed by atoms with Crippen molar-refractivity contribution in [3.8, 4) is 28.7 Å². The van der Waals surface area contributed by atoms with E-state index in [1.165, 1.54) is 35.5 Å². The number of phenols is 2. The largest absolute Gasteiger partial charge is 0.502 e. The lowest BCUT2D eigenvalue weighted by atomic mass is 9.85. The Hall–Kier alpha value is -3.01. The summed E-state index contributed by atoms with van der Waals surface area (Å²) in [5.74, 6) is -6.96. The molecule has 0 spiro atoms. The minimum atomic E-state index is -2.11. The maximum Gasteiger partial charge on any atom is 0.306 e. The van der Waals surface area contributed by atoms with Gasteiger partial charge in [-0.15, -0.1) is 0 Å². The first kappa shape index (κ1) is 20.7. The number of Topliss-reactive ketones (excluding diaryl/α,β-unsaturated/α-hetero) is 1. The number of carbonyl (C=O) groups excluding carboxylic acids is 1. The number of benzene rings is 2. The lowest BCUT2D eigenvalue weighted by molar-refractivity contribution is -0.354. The quantitative estimate of drug-likeness (QED) is 0.550. The van der Waals surface area contributed by atoms with E-state index in [9.17, 15) is 15.0 Å². The zero-order valence-corrected chi connectivity index (χ0v) is 16.6. The zero-order valence-electron chi connectivity index (χ0n) is 16.6. The van der Waals surface area contributed by atoms with Crippen molar-refractivity contribution < 1.29 is 43.4 Å². The summed E-state index contributed by atoms with van der Waals surface area (Å²) in [5.41, 5.74) is 0.144. The molecule has 0 bridgehead atoms. The molecule has 1 aliphatic rings. The Bertz CT molecular complexity index is 922. The van der Waals surface area contributed by atoms with E-state index >= 15 is 0 Å². The van der Waals surface area contributed by atoms with Crippen LogP contribution in [0.15, 0.2) is 30.3 Å². The second-order valence-electron chi connectivity index (χ2n) is 6.11. The predicted molar refractivity (Wildman–Crippen MR) is 99.7 cm³/mol. The normalized spacial score (nSPS) is 20.0. The highest BCUT2D eigenvalue weighted by Crippen LogP contribution is 2.59. The number of hydrogen-bond acceptors (Lipinski definition) is 9. The van der Waals surface area contributed by atoms with Gasteiger partial charge < -0.3 is 38.6 Å². The molecule has 29 heavy (non-hydrogen) atoms.